The molecule has 2 aromatic rings. The van der Waals surface area contributed by atoms with Crippen molar-refractivity contribution < 1.29 is 10.2 Å². The van der Waals surface area contributed by atoms with E-state index in [-0.39, 0.29) is 13.0 Å². The van der Waals surface area contributed by atoms with Crippen LogP contribution >= 0.6 is 0 Å². The second-order valence-corrected chi connectivity index (χ2v) is 5.44. The predicted octanol–water partition coefficient (Wildman–Crippen LogP) is 1.50. The van der Waals surface area contributed by atoms with Crippen molar-refractivity contribution in [2.45, 2.75) is 12.5 Å². The maximum absolute atomic E-state index is 9.82. The van der Waals surface area contributed by atoms with Crippen LogP contribution in [0.1, 0.15) is 5.56 Å². The Morgan fingerprint density at radius 3 is 2.39 bits per heavy atom. The minimum Gasteiger partial charge on any atom is -0.399 e. The number of hydrogen-bond acceptors (Lipinski definition) is 6. The van der Waals surface area contributed by atoms with Crippen molar-refractivity contribution in [2.24, 2.45) is 0 Å². The quantitative estimate of drug-likeness (QED) is 0.450. The Morgan fingerprint density at radius 1 is 1.04 bits per heavy atom. The number of nitrogens with one attached hydrogen (secondary N) is 2. The lowest BCUT2D eigenvalue weighted by molar-refractivity contribution is 0.0957. The molecule has 1 atom stereocenters. The summed E-state index contributed by atoms with van der Waals surface area (Å²) < 4.78 is 0. The van der Waals surface area contributed by atoms with Gasteiger partial charge in [0.05, 0.1) is 12.7 Å². The normalized spacial score (nSPS) is 12.0. The lowest BCUT2D eigenvalue weighted by Gasteiger charge is -2.19. The third kappa shape index (κ3) is 3.67. The highest BCUT2D eigenvalue weighted by Gasteiger charge is 2.16. The van der Waals surface area contributed by atoms with Gasteiger partial charge >= 0.3 is 0 Å². The molecule has 0 aliphatic rings. The molecule has 2 aromatic carbocycles. The number of nitrogens with two attached hydrogens (primary N) is 2. The fourth-order valence-corrected chi connectivity index (χ4v) is 2.63. The fraction of sp³-hybridized carbons (Fsp3) is 0.294. The molecule has 6 heteroatoms. The van der Waals surface area contributed by atoms with Crippen LogP contribution in [0.2, 0.25) is 0 Å². The van der Waals surface area contributed by atoms with Gasteiger partial charge in [-0.05, 0) is 35.4 Å². The highest BCUT2D eigenvalue weighted by Crippen LogP contribution is 2.37. The van der Waals surface area contributed by atoms with Crippen LogP contribution in [0.15, 0.2) is 30.3 Å². The molecule has 0 aliphatic heterocycles. The second-order valence-electron chi connectivity index (χ2n) is 5.44. The minimum absolute atomic E-state index is 0.259. The lowest BCUT2D eigenvalue weighted by Crippen LogP contribution is -2.17. The third-order valence-electron chi connectivity index (χ3n) is 3.83. The van der Waals surface area contributed by atoms with Crippen molar-refractivity contribution in [3.63, 3.8) is 0 Å². The van der Waals surface area contributed by atoms with Crippen molar-refractivity contribution in [2.75, 3.05) is 42.8 Å². The summed E-state index contributed by atoms with van der Waals surface area (Å²) in [6.07, 6.45) is -0.608. The van der Waals surface area contributed by atoms with E-state index in [0.717, 1.165) is 28.1 Å². The first-order valence-electron chi connectivity index (χ1n) is 7.46. The van der Waals surface area contributed by atoms with Gasteiger partial charge in [0.25, 0.3) is 0 Å². The minimum atomic E-state index is -0.866. The van der Waals surface area contributed by atoms with Gasteiger partial charge in [0, 0.05) is 48.8 Å². The molecule has 23 heavy (non-hydrogen) atoms. The summed E-state index contributed by atoms with van der Waals surface area (Å²) in [4.78, 5) is 0. The van der Waals surface area contributed by atoms with Gasteiger partial charge in [-0.25, -0.2) is 0 Å². The van der Waals surface area contributed by atoms with E-state index in [1.165, 1.54) is 0 Å². The Bertz CT molecular complexity index is 689. The van der Waals surface area contributed by atoms with E-state index >= 15 is 0 Å². The molecular weight excluding hydrogens is 292 g/mol. The average molecular weight is 316 g/mol. The molecule has 0 saturated heterocycles. The molecule has 1 unspecified atom stereocenters. The predicted molar refractivity (Wildman–Crippen MR) is 96.6 cm³/mol. The number of aliphatic hydroxyl groups is 2. The SMILES string of the molecule is CNc1ccc(-c2cc(N)cc(N)c2CC(O)CO)c(NC)c1. The van der Waals surface area contributed by atoms with E-state index in [0.29, 0.717) is 11.4 Å². The molecule has 124 valence electrons. The largest absolute Gasteiger partial charge is 0.399 e. The van der Waals surface area contributed by atoms with E-state index in [2.05, 4.69) is 10.6 Å². The van der Waals surface area contributed by atoms with Crippen LogP contribution in [0.4, 0.5) is 22.7 Å². The zero-order valence-corrected chi connectivity index (χ0v) is 13.4. The summed E-state index contributed by atoms with van der Waals surface area (Å²) in [6, 6.07) is 9.43. The molecule has 0 aliphatic carbocycles. The fourth-order valence-electron chi connectivity index (χ4n) is 2.63. The van der Waals surface area contributed by atoms with Gasteiger partial charge < -0.3 is 32.3 Å². The topological polar surface area (TPSA) is 117 Å². The zero-order valence-electron chi connectivity index (χ0n) is 13.4. The Hall–Kier alpha value is -2.44. The lowest BCUT2D eigenvalue weighted by atomic mass is 9.92. The van der Waals surface area contributed by atoms with Gasteiger partial charge in [-0.1, -0.05) is 6.07 Å². The summed E-state index contributed by atoms with van der Waals surface area (Å²) in [5.41, 5.74) is 17.6. The molecule has 0 spiro atoms. The number of rotatable bonds is 6. The second kappa shape index (κ2) is 7.21. The van der Waals surface area contributed by atoms with Crippen molar-refractivity contribution >= 4 is 22.7 Å². The van der Waals surface area contributed by atoms with Gasteiger partial charge in [-0.2, -0.15) is 0 Å². The Morgan fingerprint density at radius 2 is 1.78 bits per heavy atom. The zero-order chi connectivity index (χ0) is 17.0. The summed E-state index contributed by atoms with van der Waals surface area (Å²) >= 11 is 0. The molecule has 0 bridgehead atoms. The van der Waals surface area contributed by atoms with Crippen LogP contribution in [0.5, 0.6) is 0 Å². The monoisotopic (exact) mass is 316 g/mol. The first kappa shape index (κ1) is 16.9. The van der Waals surface area contributed by atoms with Crippen LogP contribution in [0.3, 0.4) is 0 Å². The van der Waals surface area contributed by atoms with Crippen molar-refractivity contribution in [3.05, 3.63) is 35.9 Å². The Kier molecular flexibility index (Phi) is 5.31. The summed E-state index contributed by atoms with van der Waals surface area (Å²) in [5, 5.41) is 25.2. The number of nitrogen functional groups attached to an aromatic ring is 2. The summed E-state index contributed by atoms with van der Waals surface area (Å²) in [6.45, 7) is -0.319. The molecule has 6 nitrogen and oxygen atoms in total. The van der Waals surface area contributed by atoms with Gasteiger partial charge in [0.15, 0.2) is 0 Å². The molecule has 0 amide bonds. The standard InChI is InChI=1S/C17H24N4O2/c1-20-11-3-4-13(17(7-11)21-2)14-5-10(18)6-16(19)15(14)8-12(23)9-22/h3-7,12,20-23H,8-9,18-19H2,1-2H3. The number of hydrogen-bond donors (Lipinski definition) is 6. The van der Waals surface area contributed by atoms with Crippen LogP contribution in [0.25, 0.3) is 11.1 Å². The van der Waals surface area contributed by atoms with E-state index < -0.39 is 6.10 Å². The van der Waals surface area contributed by atoms with Crippen LogP contribution in [0, 0.1) is 0 Å². The van der Waals surface area contributed by atoms with E-state index in [4.69, 9.17) is 16.6 Å². The first-order valence-corrected chi connectivity index (χ1v) is 7.46. The van der Waals surface area contributed by atoms with Crippen molar-refractivity contribution in [1.29, 1.82) is 0 Å². The van der Waals surface area contributed by atoms with E-state index in [1.54, 1.807) is 6.07 Å². The molecule has 0 saturated carbocycles. The van der Waals surface area contributed by atoms with Gasteiger partial charge in [0.2, 0.25) is 0 Å². The number of aliphatic hydroxyl groups excluding tert-OH is 2. The van der Waals surface area contributed by atoms with Crippen LogP contribution in [-0.2, 0) is 6.42 Å². The Balaban J connectivity index is 2.62. The molecular formula is C17H24N4O2. The van der Waals surface area contributed by atoms with E-state index in [1.807, 2.05) is 38.4 Å². The van der Waals surface area contributed by atoms with Crippen molar-refractivity contribution in [3.8, 4) is 11.1 Å². The molecule has 2 rings (SSSR count). The molecule has 0 aromatic heterocycles. The molecule has 8 N–H and O–H groups in total. The maximum atomic E-state index is 9.82. The highest BCUT2D eigenvalue weighted by molar-refractivity contribution is 5.86. The van der Waals surface area contributed by atoms with Gasteiger partial charge in [-0.3, -0.25) is 0 Å². The maximum Gasteiger partial charge on any atom is 0.0812 e. The van der Waals surface area contributed by atoms with Crippen LogP contribution in [-0.4, -0.2) is 37.0 Å². The number of anilines is 4. The van der Waals surface area contributed by atoms with Crippen molar-refractivity contribution in [1.82, 2.24) is 0 Å². The highest BCUT2D eigenvalue weighted by atomic mass is 16.3. The van der Waals surface area contributed by atoms with Crippen LogP contribution < -0.4 is 22.1 Å². The summed E-state index contributed by atoms with van der Waals surface area (Å²) in [7, 11) is 3.70. The van der Waals surface area contributed by atoms with Gasteiger partial charge in [-0.15, -0.1) is 0 Å². The molecule has 0 radical (unpaired) electrons. The molecule has 0 heterocycles. The number of benzene rings is 2. The first-order chi connectivity index (χ1) is 11.0. The third-order valence-corrected chi connectivity index (χ3v) is 3.83. The average Bonchev–Trinajstić information content (AvgIpc) is 2.56. The Labute approximate surface area is 136 Å². The van der Waals surface area contributed by atoms with Gasteiger partial charge in [0.1, 0.15) is 0 Å². The van der Waals surface area contributed by atoms with E-state index in [9.17, 15) is 5.11 Å². The summed E-state index contributed by atoms with van der Waals surface area (Å²) in [5.74, 6) is 0. The smallest absolute Gasteiger partial charge is 0.0812 e. The molecule has 0 fully saturated rings.